The molecule has 3 aromatic carbocycles. The number of amides is 2. The van der Waals surface area contributed by atoms with E-state index in [4.69, 9.17) is 9.94 Å². The lowest BCUT2D eigenvalue weighted by molar-refractivity contribution is -0.151. The minimum absolute atomic E-state index is 0.154. The molecule has 2 amide bonds. The summed E-state index contributed by atoms with van der Waals surface area (Å²) in [5, 5.41) is 19.5. The zero-order valence-corrected chi connectivity index (χ0v) is 20.7. The van der Waals surface area contributed by atoms with Crippen LogP contribution in [-0.2, 0) is 20.9 Å². The third kappa shape index (κ3) is 6.95. The Balaban J connectivity index is 1.33. The molecular weight excluding hydrogens is 470 g/mol. The molecule has 1 aliphatic heterocycles. The average Bonchev–Trinajstić information content (AvgIpc) is 2.97. The van der Waals surface area contributed by atoms with Crippen molar-refractivity contribution >= 4 is 17.5 Å². The van der Waals surface area contributed by atoms with Gasteiger partial charge in [0.2, 0.25) is 5.91 Å². The van der Waals surface area contributed by atoms with Gasteiger partial charge in [-0.25, -0.2) is 5.48 Å². The van der Waals surface area contributed by atoms with Crippen LogP contribution in [0.4, 0.5) is 5.69 Å². The average molecular weight is 504 g/mol. The van der Waals surface area contributed by atoms with Crippen LogP contribution in [0, 0.1) is 5.92 Å². The maximum atomic E-state index is 13.3. The van der Waals surface area contributed by atoms with E-state index in [1.165, 1.54) is 5.48 Å². The van der Waals surface area contributed by atoms with Crippen LogP contribution in [-0.4, -0.2) is 65.9 Å². The van der Waals surface area contributed by atoms with E-state index >= 15 is 0 Å². The first kappa shape index (κ1) is 26.3. The van der Waals surface area contributed by atoms with E-state index in [0.717, 1.165) is 22.4 Å². The predicted octanol–water partition coefficient (Wildman–Crippen LogP) is 3.09. The molecule has 8 heteroatoms. The van der Waals surface area contributed by atoms with Crippen molar-refractivity contribution in [1.29, 1.82) is 0 Å². The van der Waals surface area contributed by atoms with E-state index in [1.54, 1.807) is 4.90 Å². The van der Waals surface area contributed by atoms with Gasteiger partial charge in [0.05, 0.1) is 12.5 Å². The molecule has 0 unspecified atom stereocenters. The summed E-state index contributed by atoms with van der Waals surface area (Å²) in [5.74, 6) is -2.34. The fourth-order valence-electron chi connectivity index (χ4n) is 4.55. The van der Waals surface area contributed by atoms with Gasteiger partial charge in [0.25, 0.3) is 5.91 Å². The molecule has 2 atom stereocenters. The number of nitrogens with zero attached hydrogens (tertiary/aromatic N) is 2. The number of benzene rings is 3. The third-order valence-electron chi connectivity index (χ3n) is 6.69. The fourth-order valence-corrected chi connectivity index (χ4v) is 4.55. The number of hydrogen-bond acceptors (Lipinski definition) is 6. The lowest BCUT2D eigenvalue weighted by Gasteiger charge is -2.38. The summed E-state index contributed by atoms with van der Waals surface area (Å²) in [6.45, 7) is 2.76. The molecule has 8 nitrogen and oxygen atoms in total. The highest BCUT2D eigenvalue weighted by Gasteiger charge is 2.35. The molecule has 0 aromatic heterocycles. The topological polar surface area (TPSA) is 102 Å². The van der Waals surface area contributed by atoms with Crippen molar-refractivity contribution in [2.24, 2.45) is 5.92 Å². The number of aliphatic hydroxyl groups is 1. The molecule has 37 heavy (non-hydrogen) atoms. The molecule has 0 radical (unpaired) electrons. The van der Waals surface area contributed by atoms with Gasteiger partial charge in [0, 0.05) is 38.5 Å². The van der Waals surface area contributed by atoms with E-state index in [0.29, 0.717) is 32.8 Å². The number of ether oxygens (including phenoxy) is 1. The Morgan fingerprint density at radius 2 is 1.43 bits per heavy atom. The summed E-state index contributed by atoms with van der Waals surface area (Å²) in [6, 6.07) is 28.2. The van der Waals surface area contributed by atoms with E-state index in [-0.39, 0.29) is 18.9 Å². The zero-order valence-electron chi connectivity index (χ0n) is 20.7. The van der Waals surface area contributed by atoms with Crippen LogP contribution >= 0.6 is 0 Å². The Labute approximate surface area is 217 Å². The van der Waals surface area contributed by atoms with E-state index in [9.17, 15) is 14.7 Å². The van der Waals surface area contributed by atoms with Crippen LogP contribution in [0.25, 0.3) is 11.1 Å². The van der Waals surface area contributed by atoms with Gasteiger partial charge in [-0.2, -0.15) is 0 Å². The molecule has 1 heterocycles. The zero-order chi connectivity index (χ0) is 26.0. The standard InChI is InChI=1S/C29H33N3O5/c33-27(28(34)30-36)26(15-20-37-21-22-7-3-1-4-8-22)29(35)32-18-16-31(17-19-32)25-13-11-24(12-14-25)23-9-5-2-6-10-23/h1-14,26-27,33,36H,15-21H2,(H,30,34)/t26-,27+/m0/s1. The normalized spacial score (nSPS) is 15.2. The highest BCUT2D eigenvalue weighted by Crippen LogP contribution is 2.24. The van der Waals surface area contributed by atoms with Gasteiger partial charge in [0.15, 0.2) is 0 Å². The summed E-state index contributed by atoms with van der Waals surface area (Å²) < 4.78 is 5.68. The Kier molecular flexibility index (Phi) is 9.26. The van der Waals surface area contributed by atoms with Crippen molar-refractivity contribution in [2.75, 3.05) is 37.7 Å². The van der Waals surface area contributed by atoms with E-state index in [1.807, 2.05) is 48.5 Å². The third-order valence-corrected chi connectivity index (χ3v) is 6.69. The lowest BCUT2D eigenvalue weighted by Crippen LogP contribution is -2.53. The number of piperazine rings is 1. The van der Waals surface area contributed by atoms with Crippen LogP contribution in [0.1, 0.15) is 12.0 Å². The number of hydroxylamine groups is 1. The number of carbonyl (C=O) groups is 2. The van der Waals surface area contributed by atoms with Crippen molar-refractivity contribution in [3.8, 4) is 11.1 Å². The van der Waals surface area contributed by atoms with Crippen molar-refractivity contribution in [2.45, 2.75) is 19.1 Å². The summed E-state index contributed by atoms with van der Waals surface area (Å²) in [5.41, 5.74) is 5.83. The van der Waals surface area contributed by atoms with Crippen molar-refractivity contribution in [3.05, 3.63) is 90.5 Å². The maximum absolute atomic E-state index is 13.3. The Bertz CT molecular complexity index is 1130. The molecule has 194 valence electrons. The van der Waals surface area contributed by atoms with Crippen LogP contribution in [0.5, 0.6) is 0 Å². The van der Waals surface area contributed by atoms with E-state index in [2.05, 4.69) is 41.3 Å². The van der Waals surface area contributed by atoms with Gasteiger partial charge in [-0.15, -0.1) is 0 Å². The largest absolute Gasteiger partial charge is 0.382 e. The molecule has 3 N–H and O–H groups in total. The minimum atomic E-state index is -1.67. The monoisotopic (exact) mass is 503 g/mol. The first-order chi connectivity index (χ1) is 18.1. The molecule has 4 rings (SSSR count). The smallest absolute Gasteiger partial charge is 0.272 e. The second-order valence-corrected chi connectivity index (χ2v) is 9.08. The van der Waals surface area contributed by atoms with Crippen LogP contribution in [0.15, 0.2) is 84.9 Å². The fraction of sp³-hybridized carbons (Fsp3) is 0.310. The molecule has 3 aromatic rings. The number of hydrogen-bond donors (Lipinski definition) is 3. The van der Waals surface area contributed by atoms with Crippen molar-refractivity contribution in [3.63, 3.8) is 0 Å². The van der Waals surface area contributed by atoms with Crippen molar-refractivity contribution < 1.29 is 24.6 Å². The van der Waals surface area contributed by atoms with Crippen LogP contribution in [0.3, 0.4) is 0 Å². The minimum Gasteiger partial charge on any atom is -0.382 e. The van der Waals surface area contributed by atoms with Gasteiger partial charge in [-0.3, -0.25) is 14.8 Å². The highest BCUT2D eigenvalue weighted by atomic mass is 16.5. The summed E-state index contributed by atoms with van der Waals surface area (Å²) in [4.78, 5) is 29.1. The Hall–Kier alpha value is -3.72. The first-order valence-electron chi connectivity index (χ1n) is 12.5. The molecule has 1 saturated heterocycles. The second kappa shape index (κ2) is 13.0. The van der Waals surface area contributed by atoms with Gasteiger partial charge in [0.1, 0.15) is 6.10 Å². The quantitative estimate of drug-likeness (QED) is 0.223. The summed E-state index contributed by atoms with van der Waals surface area (Å²) >= 11 is 0. The van der Waals surface area contributed by atoms with Crippen LogP contribution in [0.2, 0.25) is 0 Å². The molecule has 1 aliphatic rings. The number of rotatable bonds is 10. The van der Waals surface area contributed by atoms with E-state index < -0.39 is 17.9 Å². The SMILES string of the molecule is O=C(NO)[C@H](O)[C@H](CCOCc1ccccc1)C(=O)N1CCN(c2ccc(-c3ccccc3)cc2)CC1. The molecule has 0 aliphatic carbocycles. The van der Waals surface area contributed by atoms with Crippen molar-refractivity contribution in [1.82, 2.24) is 10.4 Å². The lowest BCUT2D eigenvalue weighted by atomic mass is 9.96. The van der Waals surface area contributed by atoms with Crippen LogP contribution < -0.4 is 10.4 Å². The summed E-state index contributed by atoms with van der Waals surface area (Å²) in [7, 11) is 0. The molecular formula is C29H33N3O5. The molecule has 1 fully saturated rings. The highest BCUT2D eigenvalue weighted by molar-refractivity contribution is 5.88. The molecule has 0 bridgehead atoms. The number of carbonyl (C=O) groups excluding carboxylic acids is 2. The van der Waals surface area contributed by atoms with Gasteiger partial charge < -0.3 is 19.6 Å². The Morgan fingerprint density at radius 1 is 0.838 bits per heavy atom. The molecule has 0 saturated carbocycles. The predicted molar refractivity (Wildman–Crippen MR) is 141 cm³/mol. The van der Waals surface area contributed by atoms with Gasteiger partial charge in [-0.1, -0.05) is 72.8 Å². The first-order valence-corrected chi connectivity index (χ1v) is 12.5. The van der Waals surface area contributed by atoms with Gasteiger partial charge >= 0.3 is 0 Å². The number of aliphatic hydroxyl groups excluding tert-OH is 1. The maximum Gasteiger partial charge on any atom is 0.272 e. The summed E-state index contributed by atoms with van der Waals surface area (Å²) in [6.07, 6.45) is -1.51. The molecule has 0 spiro atoms. The van der Waals surface area contributed by atoms with Gasteiger partial charge in [-0.05, 0) is 35.2 Å². The Morgan fingerprint density at radius 3 is 2.05 bits per heavy atom. The number of nitrogens with one attached hydrogen (secondary N) is 1. The number of anilines is 1. The second-order valence-electron chi connectivity index (χ2n) is 9.08.